The highest BCUT2D eigenvalue weighted by Gasteiger charge is 2.52. The molecule has 2 heteroatoms. The van der Waals surface area contributed by atoms with Crippen LogP contribution in [0.1, 0.15) is 42.4 Å². The summed E-state index contributed by atoms with van der Waals surface area (Å²) in [5, 5.41) is 10.6. The van der Waals surface area contributed by atoms with Crippen molar-refractivity contribution in [2.24, 2.45) is 5.92 Å². The SMILES string of the molecule is CN1[C@@H]2CC[C@H]1[C@@H]1[C@H](O)c3ccccc3[C@@H]1C2. The van der Waals surface area contributed by atoms with E-state index in [9.17, 15) is 5.11 Å². The van der Waals surface area contributed by atoms with E-state index < -0.39 is 0 Å². The van der Waals surface area contributed by atoms with E-state index in [-0.39, 0.29) is 6.10 Å². The van der Waals surface area contributed by atoms with Gasteiger partial charge in [0.05, 0.1) is 6.10 Å². The monoisotopic (exact) mass is 229 g/mol. The van der Waals surface area contributed by atoms with Crippen LogP contribution in [0.4, 0.5) is 0 Å². The summed E-state index contributed by atoms with van der Waals surface area (Å²) in [7, 11) is 2.24. The molecule has 5 atom stereocenters. The van der Waals surface area contributed by atoms with Crippen LogP contribution in [0.25, 0.3) is 0 Å². The maximum atomic E-state index is 10.6. The topological polar surface area (TPSA) is 23.5 Å². The maximum absolute atomic E-state index is 10.6. The highest BCUT2D eigenvalue weighted by Crippen LogP contribution is 2.56. The lowest BCUT2D eigenvalue weighted by atomic mass is 9.80. The normalized spacial score (nSPS) is 43.5. The molecule has 0 saturated carbocycles. The summed E-state index contributed by atoms with van der Waals surface area (Å²) in [6, 6.07) is 9.87. The van der Waals surface area contributed by atoms with E-state index in [1.165, 1.54) is 30.4 Å². The van der Waals surface area contributed by atoms with Gasteiger partial charge in [-0.05, 0) is 43.4 Å². The van der Waals surface area contributed by atoms with Crippen LogP contribution in [-0.4, -0.2) is 29.1 Å². The molecule has 90 valence electrons. The lowest BCUT2D eigenvalue weighted by molar-refractivity contribution is 0.0194. The second-order valence-electron chi connectivity index (χ2n) is 5.96. The molecule has 2 saturated heterocycles. The van der Waals surface area contributed by atoms with E-state index in [1.54, 1.807) is 0 Å². The first-order valence-corrected chi connectivity index (χ1v) is 6.76. The zero-order valence-corrected chi connectivity index (χ0v) is 10.2. The zero-order valence-electron chi connectivity index (χ0n) is 10.2. The van der Waals surface area contributed by atoms with E-state index in [4.69, 9.17) is 0 Å². The molecule has 17 heavy (non-hydrogen) atoms. The largest absolute Gasteiger partial charge is 0.388 e. The van der Waals surface area contributed by atoms with Gasteiger partial charge in [0.2, 0.25) is 0 Å². The van der Waals surface area contributed by atoms with Crippen molar-refractivity contribution in [1.82, 2.24) is 4.90 Å². The lowest BCUT2D eigenvalue weighted by Crippen LogP contribution is -2.45. The van der Waals surface area contributed by atoms with Crippen LogP contribution in [0.3, 0.4) is 0 Å². The molecule has 0 spiro atoms. The van der Waals surface area contributed by atoms with Gasteiger partial charge in [0.15, 0.2) is 0 Å². The Morgan fingerprint density at radius 2 is 1.94 bits per heavy atom. The molecule has 2 bridgehead atoms. The number of rotatable bonds is 0. The summed E-state index contributed by atoms with van der Waals surface area (Å²) in [6.07, 6.45) is 3.60. The number of nitrogens with zero attached hydrogens (tertiary/aromatic N) is 1. The predicted molar refractivity (Wildman–Crippen MR) is 66.8 cm³/mol. The number of benzene rings is 1. The summed E-state index contributed by atoms with van der Waals surface area (Å²) >= 11 is 0. The molecule has 2 fully saturated rings. The molecule has 2 heterocycles. The molecule has 0 aromatic heterocycles. The first-order valence-electron chi connectivity index (χ1n) is 6.76. The molecule has 4 rings (SSSR count). The first kappa shape index (κ1) is 10.1. The fourth-order valence-electron chi connectivity index (χ4n) is 4.60. The molecule has 0 amide bonds. The quantitative estimate of drug-likeness (QED) is 0.738. The predicted octanol–water partition coefficient (Wildman–Crippen LogP) is 2.30. The number of aliphatic hydroxyl groups excluding tert-OH is 1. The third-order valence-corrected chi connectivity index (χ3v) is 5.41. The van der Waals surface area contributed by atoms with Gasteiger partial charge in [-0.15, -0.1) is 0 Å². The average molecular weight is 229 g/mol. The number of fused-ring (bicyclic) bond motifs is 6. The Balaban J connectivity index is 1.82. The van der Waals surface area contributed by atoms with Crippen LogP contribution in [0.2, 0.25) is 0 Å². The van der Waals surface area contributed by atoms with Crippen molar-refractivity contribution in [2.45, 2.75) is 43.4 Å². The van der Waals surface area contributed by atoms with Gasteiger partial charge in [0, 0.05) is 18.0 Å². The number of hydrogen-bond donors (Lipinski definition) is 1. The summed E-state index contributed by atoms with van der Waals surface area (Å²) in [4.78, 5) is 2.52. The van der Waals surface area contributed by atoms with Crippen LogP contribution in [0, 0.1) is 5.92 Å². The minimum Gasteiger partial charge on any atom is -0.388 e. The summed E-state index contributed by atoms with van der Waals surface area (Å²) in [5.74, 6) is 1.05. The van der Waals surface area contributed by atoms with Crippen LogP contribution in [-0.2, 0) is 0 Å². The Hall–Kier alpha value is -0.860. The molecular weight excluding hydrogens is 210 g/mol. The van der Waals surface area contributed by atoms with Crippen LogP contribution in [0.15, 0.2) is 24.3 Å². The molecule has 1 aliphatic carbocycles. The zero-order chi connectivity index (χ0) is 11.6. The Morgan fingerprint density at radius 1 is 1.18 bits per heavy atom. The van der Waals surface area contributed by atoms with Crippen LogP contribution in [0.5, 0.6) is 0 Å². The van der Waals surface area contributed by atoms with Crippen LogP contribution < -0.4 is 0 Å². The first-order chi connectivity index (χ1) is 8.27. The summed E-state index contributed by atoms with van der Waals surface area (Å²) in [6.45, 7) is 0. The fourth-order valence-corrected chi connectivity index (χ4v) is 4.60. The van der Waals surface area contributed by atoms with Crippen molar-refractivity contribution in [1.29, 1.82) is 0 Å². The average Bonchev–Trinajstić information content (AvgIpc) is 2.75. The molecule has 2 nitrogen and oxygen atoms in total. The van der Waals surface area contributed by atoms with E-state index >= 15 is 0 Å². The second kappa shape index (κ2) is 3.33. The molecule has 0 unspecified atom stereocenters. The van der Waals surface area contributed by atoms with Crippen LogP contribution >= 0.6 is 0 Å². The third kappa shape index (κ3) is 1.18. The van der Waals surface area contributed by atoms with E-state index in [2.05, 4.69) is 36.2 Å². The van der Waals surface area contributed by atoms with Crippen molar-refractivity contribution in [3.63, 3.8) is 0 Å². The van der Waals surface area contributed by atoms with Crippen molar-refractivity contribution in [2.75, 3.05) is 7.05 Å². The van der Waals surface area contributed by atoms with Crippen molar-refractivity contribution >= 4 is 0 Å². The highest BCUT2D eigenvalue weighted by atomic mass is 16.3. The Kier molecular flexibility index (Phi) is 1.98. The van der Waals surface area contributed by atoms with Gasteiger partial charge in [-0.25, -0.2) is 0 Å². The van der Waals surface area contributed by atoms with Gasteiger partial charge in [-0.2, -0.15) is 0 Å². The van der Waals surface area contributed by atoms with Gasteiger partial charge >= 0.3 is 0 Å². The Bertz CT molecular complexity index is 458. The molecular formula is C15H19NO. The van der Waals surface area contributed by atoms with E-state index in [0.717, 1.165) is 6.04 Å². The number of aliphatic hydroxyl groups is 1. The van der Waals surface area contributed by atoms with E-state index in [0.29, 0.717) is 17.9 Å². The van der Waals surface area contributed by atoms with Crippen molar-refractivity contribution in [3.8, 4) is 0 Å². The van der Waals surface area contributed by atoms with Crippen molar-refractivity contribution in [3.05, 3.63) is 35.4 Å². The van der Waals surface area contributed by atoms with Gasteiger partial charge in [0.1, 0.15) is 0 Å². The molecule has 0 radical (unpaired) electrons. The summed E-state index contributed by atoms with van der Waals surface area (Å²) in [5.41, 5.74) is 2.62. The van der Waals surface area contributed by atoms with Gasteiger partial charge < -0.3 is 10.0 Å². The number of piperidine rings is 1. The number of hydrogen-bond acceptors (Lipinski definition) is 2. The molecule has 1 aromatic carbocycles. The van der Waals surface area contributed by atoms with Gasteiger partial charge in [-0.1, -0.05) is 24.3 Å². The molecule has 1 N–H and O–H groups in total. The minimum atomic E-state index is -0.234. The second-order valence-corrected chi connectivity index (χ2v) is 5.96. The van der Waals surface area contributed by atoms with Crippen molar-refractivity contribution < 1.29 is 5.11 Å². The molecule has 2 aliphatic heterocycles. The Morgan fingerprint density at radius 3 is 2.76 bits per heavy atom. The lowest BCUT2D eigenvalue weighted by Gasteiger charge is -2.41. The molecule has 1 aromatic rings. The Labute approximate surface area is 102 Å². The minimum absolute atomic E-state index is 0.234. The molecule has 3 aliphatic rings. The maximum Gasteiger partial charge on any atom is 0.0841 e. The van der Waals surface area contributed by atoms with Gasteiger partial charge in [0.25, 0.3) is 0 Å². The summed E-state index contributed by atoms with van der Waals surface area (Å²) < 4.78 is 0. The fraction of sp³-hybridized carbons (Fsp3) is 0.600. The van der Waals surface area contributed by atoms with Gasteiger partial charge in [-0.3, -0.25) is 0 Å². The smallest absolute Gasteiger partial charge is 0.0841 e. The van der Waals surface area contributed by atoms with E-state index in [1.807, 2.05) is 0 Å². The highest BCUT2D eigenvalue weighted by molar-refractivity contribution is 5.40. The standard InChI is InChI=1S/C15H19NO/c1-16-9-6-7-13(16)14-12(8-9)10-4-2-3-5-11(10)15(14)17/h2-5,9,12-15,17H,6-8H2,1H3/t9-,12+,13+,14-,15-/m1/s1. The third-order valence-electron chi connectivity index (χ3n) is 5.41.